The highest BCUT2D eigenvalue weighted by molar-refractivity contribution is 7.89. The van der Waals surface area contributed by atoms with Gasteiger partial charge in [-0.2, -0.15) is 5.26 Å². The number of primary sulfonamides is 1. The summed E-state index contributed by atoms with van der Waals surface area (Å²) >= 11 is 5.79. The first-order valence-corrected chi connectivity index (χ1v) is 6.46. The van der Waals surface area contributed by atoms with Gasteiger partial charge in [0.25, 0.3) is 0 Å². The number of anilines is 1. The van der Waals surface area contributed by atoms with Crippen molar-refractivity contribution in [1.29, 1.82) is 5.26 Å². The number of nitriles is 1. The molecule has 7 heteroatoms. The van der Waals surface area contributed by atoms with Crippen LogP contribution < -0.4 is 10.5 Å². The minimum atomic E-state index is -3.47. The summed E-state index contributed by atoms with van der Waals surface area (Å²) in [6.07, 6.45) is 0. The lowest BCUT2D eigenvalue weighted by atomic mass is 10.2. The molecule has 0 radical (unpaired) electrons. The molecule has 0 fully saturated rings. The largest absolute Gasteiger partial charge is 0.384 e. The van der Waals surface area contributed by atoms with Crippen molar-refractivity contribution in [2.75, 3.05) is 17.6 Å². The summed E-state index contributed by atoms with van der Waals surface area (Å²) in [5, 5.41) is 16.6. The molecule has 16 heavy (non-hydrogen) atoms. The molecule has 1 aromatic carbocycles. The molecule has 3 N–H and O–H groups in total. The third kappa shape index (κ3) is 4.06. The van der Waals surface area contributed by atoms with Gasteiger partial charge in [0.1, 0.15) is 6.07 Å². The summed E-state index contributed by atoms with van der Waals surface area (Å²) in [5.41, 5.74) is 1.02. The topological polar surface area (TPSA) is 96.0 Å². The molecule has 1 rings (SSSR count). The SMILES string of the molecule is N#Cc1ccc(NCCS(N)(=O)=O)cc1Cl. The van der Waals surface area contributed by atoms with E-state index in [1.807, 2.05) is 6.07 Å². The summed E-state index contributed by atoms with van der Waals surface area (Å²) in [7, 11) is -3.47. The maximum atomic E-state index is 10.7. The van der Waals surface area contributed by atoms with Gasteiger partial charge in [-0.1, -0.05) is 11.6 Å². The zero-order chi connectivity index (χ0) is 12.2. The van der Waals surface area contributed by atoms with Crippen LogP contribution in [0.2, 0.25) is 5.02 Å². The number of hydrogen-bond donors (Lipinski definition) is 2. The standard InChI is InChI=1S/C9H10ClN3O2S/c10-9-5-8(2-1-7(9)6-11)13-3-4-16(12,14)15/h1-2,5,13H,3-4H2,(H2,12,14,15). The zero-order valence-electron chi connectivity index (χ0n) is 8.27. The zero-order valence-corrected chi connectivity index (χ0v) is 9.85. The smallest absolute Gasteiger partial charge is 0.210 e. The van der Waals surface area contributed by atoms with Crippen LogP contribution in [0.15, 0.2) is 18.2 Å². The highest BCUT2D eigenvalue weighted by atomic mass is 35.5. The molecule has 0 saturated heterocycles. The Labute approximate surface area is 98.9 Å². The van der Waals surface area contributed by atoms with Crippen LogP contribution in [-0.4, -0.2) is 20.7 Å². The number of halogens is 1. The number of sulfonamides is 1. The number of benzene rings is 1. The predicted octanol–water partition coefficient (Wildman–Crippen LogP) is 0.912. The van der Waals surface area contributed by atoms with E-state index >= 15 is 0 Å². The van der Waals surface area contributed by atoms with Crippen molar-refractivity contribution in [3.63, 3.8) is 0 Å². The molecular formula is C9H10ClN3O2S. The molecule has 0 heterocycles. The van der Waals surface area contributed by atoms with E-state index in [1.165, 1.54) is 0 Å². The van der Waals surface area contributed by atoms with Crippen molar-refractivity contribution in [3.05, 3.63) is 28.8 Å². The molecule has 0 saturated carbocycles. The Balaban J connectivity index is 2.63. The lowest BCUT2D eigenvalue weighted by molar-refractivity contribution is 0.598. The Morgan fingerprint density at radius 2 is 2.19 bits per heavy atom. The van der Waals surface area contributed by atoms with Gasteiger partial charge >= 0.3 is 0 Å². The summed E-state index contributed by atoms with van der Waals surface area (Å²) in [6.45, 7) is 0.195. The second-order valence-corrected chi connectivity index (χ2v) is 5.24. The fourth-order valence-corrected chi connectivity index (χ4v) is 1.66. The van der Waals surface area contributed by atoms with Gasteiger partial charge in [-0.25, -0.2) is 13.6 Å². The monoisotopic (exact) mass is 259 g/mol. The van der Waals surface area contributed by atoms with Crippen LogP contribution >= 0.6 is 11.6 Å². The molecular weight excluding hydrogens is 250 g/mol. The summed E-state index contributed by atoms with van der Waals surface area (Å²) < 4.78 is 21.3. The molecule has 0 atom stereocenters. The van der Waals surface area contributed by atoms with Crippen LogP contribution in [0, 0.1) is 11.3 Å². The van der Waals surface area contributed by atoms with Crippen molar-refractivity contribution >= 4 is 27.3 Å². The van der Waals surface area contributed by atoms with Gasteiger partial charge in [0.2, 0.25) is 10.0 Å². The number of nitrogens with zero attached hydrogens (tertiary/aromatic N) is 1. The first kappa shape index (κ1) is 12.8. The van der Waals surface area contributed by atoms with Gasteiger partial charge < -0.3 is 5.32 Å². The molecule has 0 spiro atoms. The highest BCUT2D eigenvalue weighted by Crippen LogP contribution is 2.19. The van der Waals surface area contributed by atoms with E-state index in [0.29, 0.717) is 16.3 Å². The van der Waals surface area contributed by atoms with Crippen molar-refractivity contribution in [2.24, 2.45) is 5.14 Å². The molecule has 0 aromatic heterocycles. The van der Waals surface area contributed by atoms with E-state index in [0.717, 1.165) is 0 Å². The number of rotatable bonds is 4. The third-order valence-electron chi connectivity index (χ3n) is 1.81. The second kappa shape index (κ2) is 5.16. The summed E-state index contributed by atoms with van der Waals surface area (Å²) in [5.74, 6) is -0.162. The van der Waals surface area contributed by atoms with E-state index in [-0.39, 0.29) is 12.3 Å². The van der Waals surface area contributed by atoms with E-state index in [1.54, 1.807) is 18.2 Å². The maximum Gasteiger partial charge on any atom is 0.210 e. The van der Waals surface area contributed by atoms with E-state index in [2.05, 4.69) is 5.32 Å². The Hall–Kier alpha value is -1.29. The molecule has 86 valence electrons. The van der Waals surface area contributed by atoms with Gasteiger partial charge in [0.05, 0.1) is 16.3 Å². The van der Waals surface area contributed by atoms with Crippen LogP contribution in [0.1, 0.15) is 5.56 Å². The molecule has 0 aliphatic carbocycles. The molecule has 0 unspecified atom stereocenters. The minimum Gasteiger partial charge on any atom is -0.384 e. The molecule has 0 bridgehead atoms. The number of nitrogens with one attached hydrogen (secondary N) is 1. The molecule has 0 aliphatic heterocycles. The third-order valence-corrected chi connectivity index (χ3v) is 2.89. The van der Waals surface area contributed by atoms with E-state index in [9.17, 15) is 8.42 Å². The quantitative estimate of drug-likeness (QED) is 0.840. The van der Waals surface area contributed by atoms with Crippen LogP contribution in [0.5, 0.6) is 0 Å². The van der Waals surface area contributed by atoms with Crippen LogP contribution in [0.4, 0.5) is 5.69 Å². The average molecular weight is 260 g/mol. The van der Waals surface area contributed by atoms with Crippen LogP contribution in [-0.2, 0) is 10.0 Å². The van der Waals surface area contributed by atoms with Crippen molar-refractivity contribution in [3.8, 4) is 6.07 Å². The normalized spacial score (nSPS) is 10.8. The highest BCUT2D eigenvalue weighted by Gasteiger charge is 2.03. The van der Waals surface area contributed by atoms with Crippen molar-refractivity contribution < 1.29 is 8.42 Å². The van der Waals surface area contributed by atoms with Gasteiger partial charge in [0, 0.05) is 12.2 Å². The Morgan fingerprint density at radius 3 is 2.69 bits per heavy atom. The van der Waals surface area contributed by atoms with Gasteiger partial charge in [-0.3, -0.25) is 0 Å². The van der Waals surface area contributed by atoms with Crippen LogP contribution in [0.3, 0.4) is 0 Å². The first-order valence-electron chi connectivity index (χ1n) is 4.36. The predicted molar refractivity (Wildman–Crippen MR) is 62.6 cm³/mol. The van der Waals surface area contributed by atoms with Crippen molar-refractivity contribution in [2.45, 2.75) is 0 Å². The fraction of sp³-hybridized carbons (Fsp3) is 0.222. The van der Waals surface area contributed by atoms with E-state index in [4.69, 9.17) is 22.0 Å². The lowest BCUT2D eigenvalue weighted by Crippen LogP contribution is -2.22. The van der Waals surface area contributed by atoms with Gasteiger partial charge in [-0.15, -0.1) is 0 Å². The van der Waals surface area contributed by atoms with Crippen molar-refractivity contribution in [1.82, 2.24) is 0 Å². The summed E-state index contributed by atoms with van der Waals surface area (Å²) in [4.78, 5) is 0. The van der Waals surface area contributed by atoms with E-state index < -0.39 is 10.0 Å². The first-order chi connectivity index (χ1) is 7.42. The molecule has 0 aliphatic rings. The van der Waals surface area contributed by atoms with Gasteiger partial charge in [-0.05, 0) is 18.2 Å². The van der Waals surface area contributed by atoms with Gasteiger partial charge in [0.15, 0.2) is 0 Å². The lowest BCUT2D eigenvalue weighted by Gasteiger charge is -2.06. The molecule has 1 aromatic rings. The number of nitrogens with two attached hydrogens (primary N) is 1. The summed E-state index contributed by atoms with van der Waals surface area (Å²) in [6, 6.07) is 6.69. The second-order valence-electron chi connectivity index (χ2n) is 3.10. The van der Waals surface area contributed by atoms with Crippen LogP contribution in [0.25, 0.3) is 0 Å². The Bertz CT molecular complexity index is 522. The average Bonchev–Trinajstić information content (AvgIpc) is 2.16. The minimum absolute atomic E-state index is 0.162. The maximum absolute atomic E-state index is 10.7. The molecule has 5 nitrogen and oxygen atoms in total. The Kier molecular flexibility index (Phi) is 4.12. The molecule has 0 amide bonds. The Morgan fingerprint density at radius 1 is 1.50 bits per heavy atom. The fourth-order valence-electron chi connectivity index (χ4n) is 1.05. The number of hydrogen-bond acceptors (Lipinski definition) is 4.